The number of hydrogen-bond donors (Lipinski definition) is 1. The van der Waals surface area contributed by atoms with E-state index in [2.05, 4.69) is 15.9 Å². The molecule has 1 rings (SSSR count). The summed E-state index contributed by atoms with van der Waals surface area (Å²) in [4.78, 5) is 10.3. The van der Waals surface area contributed by atoms with Crippen LogP contribution >= 0.6 is 27.5 Å². The van der Waals surface area contributed by atoms with Crippen molar-refractivity contribution in [3.63, 3.8) is 0 Å². The van der Waals surface area contributed by atoms with Crippen molar-refractivity contribution in [2.75, 3.05) is 5.73 Å². The molecule has 0 radical (unpaired) electrons. The lowest BCUT2D eigenvalue weighted by atomic mass is 10.2. The summed E-state index contributed by atoms with van der Waals surface area (Å²) < 4.78 is 0.645. The SMILES string of the molecule is Nc1c(Cl)cc(C=O)cc1Br. The molecule has 0 saturated carbocycles. The predicted molar refractivity (Wildman–Crippen MR) is 49.0 cm³/mol. The Morgan fingerprint density at radius 2 is 2.18 bits per heavy atom. The second kappa shape index (κ2) is 3.24. The van der Waals surface area contributed by atoms with Crippen molar-refractivity contribution in [2.24, 2.45) is 0 Å². The van der Waals surface area contributed by atoms with Crippen LogP contribution in [0.3, 0.4) is 0 Å². The number of rotatable bonds is 1. The Hall–Kier alpha value is -0.540. The highest BCUT2D eigenvalue weighted by Crippen LogP contribution is 2.28. The molecule has 0 aliphatic rings. The van der Waals surface area contributed by atoms with Crippen molar-refractivity contribution in [1.29, 1.82) is 0 Å². The number of carbonyl (C=O) groups excluding carboxylic acids is 1. The van der Waals surface area contributed by atoms with E-state index in [-0.39, 0.29) is 0 Å². The van der Waals surface area contributed by atoms with Crippen LogP contribution in [0.2, 0.25) is 5.02 Å². The first-order valence-electron chi connectivity index (χ1n) is 2.85. The molecule has 0 unspecified atom stereocenters. The Bertz CT molecular complexity index is 277. The lowest BCUT2D eigenvalue weighted by molar-refractivity contribution is 0.112. The summed E-state index contributed by atoms with van der Waals surface area (Å²) in [6.45, 7) is 0. The first-order valence-corrected chi connectivity index (χ1v) is 4.02. The third-order valence-corrected chi connectivity index (χ3v) is 2.21. The molecule has 11 heavy (non-hydrogen) atoms. The van der Waals surface area contributed by atoms with E-state index in [4.69, 9.17) is 17.3 Å². The maximum Gasteiger partial charge on any atom is 0.150 e. The van der Waals surface area contributed by atoms with Gasteiger partial charge in [-0.1, -0.05) is 11.6 Å². The smallest absolute Gasteiger partial charge is 0.150 e. The average Bonchev–Trinajstić information content (AvgIpc) is 1.99. The minimum atomic E-state index is 0.390. The lowest BCUT2D eigenvalue weighted by Gasteiger charge is -2.00. The molecule has 1 aromatic rings. The number of carbonyl (C=O) groups is 1. The molecule has 0 aromatic heterocycles. The first-order chi connectivity index (χ1) is 5.15. The zero-order valence-corrected chi connectivity index (χ0v) is 7.82. The summed E-state index contributed by atoms with van der Waals surface area (Å²) >= 11 is 8.85. The number of hydrogen-bond acceptors (Lipinski definition) is 2. The molecule has 4 heteroatoms. The lowest BCUT2D eigenvalue weighted by Crippen LogP contribution is -1.90. The van der Waals surface area contributed by atoms with Crippen molar-refractivity contribution >= 4 is 39.5 Å². The molecule has 0 atom stereocenters. The molecule has 0 saturated heterocycles. The van der Waals surface area contributed by atoms with Crippen molar-refractivity contribution in [1.82, 2.24) is 0 Å². The van der Waals surface area contributed by atoms with Crippen molar-refractivity contribution in [3.8, 4) is 0 Å². The van der Waals surface area contributed by atoms with Gasteiger partial charge in [-0.2, -0.15) is 0 Å². The van der Waals surface area contributed by atoms with Gasteiger partial charge in [-0.05, 0) is 28.1 Å². The fraction of sp³-hybridized carbons (Fsp3) is 0. The standard InChI is InChI=1S/C7H5BrClNO/c8-5-1-4(3-11)2-6(9)7(5)10/h1-3H,10H2. The molecule has 0 bridgehead atoms. The van der Waals surface area contributed by atoms with Crippen LogP contribution in [0.15, 0.2) is 16.6 Å². The second-order valence-corrected chi connectivity index (χ2v) is 3.28. The van der Waals surface area contributed by atoms with E-state index in [0.717, 1.165) is 6.29 Å². The molecule has 0 heterocycles. The van der Waals surface area contributed by atoms with Crippen LogP contribution < -0.4 is 5.73 Å². The molecule has 0 amide bonds. The first kappa shape index (κ1) is 8.56. The Morgan fingerprint density at radius 3 is 2.64 bits per heavy atom. The van der Waals surface area contributed by atoms with Gasteiger partial charge >= 0.3 is 0 Å². The Labute approximate surface area is 77.5 Å². The second-order valence-electron chi connectivity index (χ2n) is 2.02. The van der Waals surface area contributed by atoms with Gasteiger partial charge in [-0.25, -0.2) is 0 Å². The molecule has 2 nitrogen and oxygen atoms in total. The van der Waals surface area contributed by atoms with Gasteiger partial charge in [0.25, 0.3) is 0 Å². The van der Waals surface area contributed by atoms with E-state index in [1.165, 1.54) is 6.07 Å². The topological polar surface area (TPSA) is 43.1 Å². The maximum absolute atomic E-state index is 10.3. The van der Waals surface area contributed by atoms with Gasteiger partial charge < -0.3 is 5.73 Å². The number of nitrogen functional groups attached to an aromatic ring is 1. The minimum absolute atomic E-state index is 0.390. The zero-order chi connectivity index (χ0) is 8.43. The fourth-order valence-corrected chi connectivity index (χ4v) is 1.49. The highest BCUT2D eigenvalue weighted by Gasteiger charge is 2.02. The molecular formula is C7H5BrClNO. The number of aldehydes is 1. The minimum Gasteiger partial charge on any atom is -0.397 e. The summed E-state index contributed by atoms with van der Waals surface area (Å²) in [5.74, 6) is 0. The summed E-state index contributed by atoms with van der Waals surface area (Å²) in [6.07, 6.45) is 0.718. The monoisotopic (exact) mass is 233 g/mol. The van der Waals surface area contributed by atoms with E-state index in [9.17, 15) is 4.79 Å². The Morgan fingerprint density at radius 1 is 1.55 bits per heavy atom. The molecule has 1 aromatic carbocycles. The van der Waals surface area contributed by atoms with Crippen molar-refractivity contribution in [3.05, 3.63) is 27.2 Å². The molecule has 58 valence electrons. The summed E-state index contributed by atoms with van der Waals surface area (Å²) in [5.41, 5.74) is 6.48. The predicted octanol–water partition coefficient (Wildman–Crippen LogP) is 2.50. The zero-order valence-electron chi connectivity index (χ0n) is 5.47. The molecule has 2 N–H and O–H groups in total. The van der Waals surface area contributed by atoms with Gasteiger partial charge in [-0.3, -0.25) is 4.79 Å². The van der Waals surface area contributed by atoms with Crippen molar-refractivity contribution < 1.29 is 4.79 Å². The van der Waals surface area contributed by atoms with Crippen LogP contribution in [0.4, 0.5) is 5.69 Å². The largest absolute Gasteiger partial charge is 0.397 e. The van der Waals surface area contributed by atoms with Gasteiger partial charge in [0.1, 0.15) is 6.29 Å². The summed E-state index contributed by atoms with van der Waals surface area (Å²) in [6, 6.07) is 3.14. The molecule has 0 aliphatic carbocycles. The summed E-state index contributed by atoms with van der Waals surface area (Å²) in [7, 11) is 0. The Kier molecular flexibility index (Phi) is 2.52. The van der Waals surface area contributed by atoms with Gasteiger partial charge in [0.05, 0.1) is 10.7 Å². The van der Waals surface area contributed by atoms with E-state index in [1.807, 2.05) is 0 Å². The van der Waals surface area contributed by atoms with E-state index in [0.29, 0.717) is 20.7 Å². The van der Waals surface area contributed by atoms with Gasteiger partial charge in [-0.15, -0.1) is 0 Å². The highest BCUT2D eigenvalue weighted by atomic mass is 79.9. The Balaban J connectivity index is 3.31. The van der Waals surface area contributed by atoms with E-state index in [1.54, 1.807) is 6.07 Å². The number of nitrogens with two attached hydrogens (primary N) is 1. The van der Waals surface area contributed by atoms with Crippen LogP contribution in [0.5, 0.6) is 0 Å². The molecular weight excluding hydrogens is 229 g/mol. The van der Waals surface area contributed by atoms with Crippen LogP contribution in [0.25, 0.3) is 0 Å². The van der Waals surface area contributed by atoms with Crippen LogP contribution in [-0.4, -0.2) is 6.29 Å². The third-order valence-electron chi connectivity index (χ3n) is 1.24. The van der Waals surface area contributed by atoms with Gasteiger partial charge in [0.2, 0.25) is 0 Å². The number of halogens is 2. The fourth-order valence-electron chi connectivity index (χ4n) is 0.672. The molecule has 0 aliphatic heterocycles. The number of anilines is 1. The number of benzene rings is 1. The van der Waals surface area contributed by atoms with Crippen LogP contribution in [0.1, 0.15) is 10.4 Å². The van der Waals surface area contributed by atoms with E-state index < -0.39 is 0 Å². The van der Waals surface area contributed by atoms with Crippen LogP contribution in [0, 0.1) is 0 Å². The normalized spacial score (nSPS) is 9.64. The maximum atomic E-state index is 10.3. The van der Waals surface area contributed by atoms with Gasteiger partial charge in [0, 0.05) is 10.0 Å². The van der Waals surface area contributed by atoms with Crippen molar-refractivity contribution in [2.45, 2.75) is 0 Å². The molecule has 0 fully saturated rings. The van der Waals surface area contributed by atoms with E-state index >= 15 is 0 Å². The molecule has 0 spiro atoms. The highest BCUT2D eigenvalue weighted by molar-refractivity contribution is 9.10. The van der Waals surface area contributed by atoms with Gasteiger partial charge in [0.15, 0.2) is 0 Å². The average molecular weight is 234 g/mol. The quantitative estimate of drug-likeness (QED) is 0.599. The summed E-state index contributed by atoms with van der Waals surface area (Å²) in [5, 5.41) is 0.390. The van der Waals surface area contributed by atoms with Crippen LogP contribution in [-0.2, 0) is 0 Å². The third kappa shape index (κ3) is 1.73.